The monoisotopic (exact) mass is 539 g/mol. The number of carbonyl (C=O) groups is 3. The maximum atomic E-state index is 12.9. The summed E-state index contributed by atoms with van der Waals surface area (Å²) < 4.78 is 6.21. The van der Waals surface area contributed by atoms with Crippen molar-refractivity contribution in [1.29, 1.82) is 0 Å². The lowest BCUT2D eigenvalue weighted by Crippen LogP contribution is -2.49. The lowest BCUT2D eigenvalue weighted by molar-refractivity contribution is -0.130. The van der Waals surface area contributed by atoms with E-state index >= 15 is 0 Å². The smallest absolute Gasteiger partial charge is 0.234 e. The van der Waals surface area contributed by atoms with Crippen LogP contribution in [0.5, 0.6) is 5.75 Å². The van der Waals surface area contributed by atoms with Gasteiger partial charge in [0.15, 0.2) is 4.34 Å². The molecular weight excluding hydrogens is 510 g/mol. The Balaban J connectivity index is 1.22. The number of rotatable bonds is 9. The number of anilines is 3. The Morgan fingerprint density at radius 2 is 1.76 bits per heavy atom. The van der Waals surface area contributed by atoms with Crippen LogP contribution in [0.25, 0.3) is 0 Å². The van der Waals surface area contributed by atoms with Crippen molar-refractivity contribution >= 4 is 57.9 Å². The molecule has 1 fully saturated rings. The molecule has 37 heavy (non-hydrogen) atoms. The van der Waals surface area contributed by atoms with Crippen molar-refractivity contribution in [3.05, 3.63) is 59.6 Å². The Kier molecular flexibility index (Phi) is 9.02. The second-order valence-corrected chi connectivity index (χ2v) is 10.5. The number of nitrogens with zero attached hydrogens (tertiary/aromatic N) is 3. The molecule has 2 aromatic carbocycles. The van der Waals surface area contributed by atoms with Crippen LogP contribution in [0, 0.1) is 0 Å². The fourth-order valence-corrected chi connectivity index (χ4v) is 5.64. The molecule has 0 radical (unpaired) electrons. The topological polar surface area (TPSA) is 104 Å². The van der Waals surface area contributed by atoms with E-state index in [9.17, 15) is 14.4 Å². The van der Waals surface area contributed by atoms with Crippen molar-refractivity contribution in [1.82, 2.24) is 9.88 Å². The molecule has 0 saturated carbocycles. The molecule has 1 saturated heterocycles. The van der Waals surface area contributed by atoms with Gasteiger partial charge in [-0.15, -0.1) is 11.3 Å². The fourth-order valence-electron chi connectivity index (χ4n) is 3.99. The number of aromatic nitrogens is 1. The number of para-hydroxylation sites is 2. The van der Waals surface area contributed by atoms with Gasteiger partial charge in [0.2, 0.25) is 17.7 Å². The molecule has 11 heteroatoms. The molecule has 1 aliphatic heterocycles. The van der Waals surface area contributed by atoms with Crippen molar-refractivity contribution in [2.45, 2.75) is 17.7 Å². The van der Waals surface area contributed by atoms with Gasteiger partial charge in [0.25, 0.3) is 0 Å². The highest BCUT2D eigenvalue weighted by Crippen LogP contribution is 2.29. The van der Waals surface area contributed by atoms with E-state index < -0.39 is 0 Å². The normalized spacial score (nSPS) is 13.2. The molecular formula is C26H29N5O4S2. The number of ether oxygens (including phenoxy) is 1. The minimum atomic E-state index is -0.175. The molecule has 0 unspecified atom stereocenters. The molecule has 1 aliphatic rings. The van der Waals surface area contributed by atoms with Crippen molar-refractivity contribution in [3.63, 3.8) is 0 Å². The Morgan fingerprint density at radius 3 is 2.49 bits per heavy atom. The highest BCUT2D eigenvalue weighted by molar-refractivity contribution is 8.01. The molecule has 0 aliphatic carbocycles. The second-order valence-electron chi connectivity index (χ2n) is 8.42. The van der Waals surface area contributed by atoms with Crippen LogP contribution in [-0.4, -0.2) is 66.6 Å². The molecule has 4 rings (SSSR count). The average Bonchev–Trinajstić information content (AvgIpc) is 3.34. The number of benzene rings is 2. The number of nitrogens with one attached hydrogen (secondary N) is 2. The van der Waals surface area contributed by atoms with Crippen molar-refractivity contribution < 1.29 is 19.1 Å². The molecule has 9 nitrogen and oxygen atoms in total. The highest BCUT2D eigenvalue weighted by Gasteiger charge is 2.23. The SMILES string of the molecule is COc1ccccc1N1CCN(C(=O)Cc2csc(SCC(=O)Nc3cccc(NC(C)=O)c3)n2)CC1. The lowest BCUT2D eigenvalue weighted by Gasteiger charge is -2.36. The molecule has 194 valence electrons. The molecule has 3 amide bonds. The summed E-state index contributed by atoms with van der Waals surface area (Å²) in [5.41, 5.74) is 2.98. The van der Waals surface area contributed by atoms with Crippen molar-refractivity contribution in [2.24, 2.45) is 0 Å². The van der Waals surface area contributed by atoms with E-state index in [2.05, 4.69) is 20.5 Å². The number of carbonyl (C=O) groups excluding carboxylic acids is 3. The zero-order valence-electron chi connectivity index (χ0n) is 20.7. The third kappa shape index (κ3) is 7.46. The van der Waals surface area contributed by atoms with Gasteiger partial charge in [0.1, 0.15) is 5.75 Å². The fraction of sp³-hybridized carbons (Fsp3) is 0.308. The number of amides is 3. The Morgan fingerprint density at radius 1 is 1.03 bits per heavy atom. The van der Waals surface area contributed by atoms with Gasteiger partial charge in [-0.2, -0.15) is 0 Å². The van der Waals surface area contributed by atoms with E-state index in [4.69, 9.17) is 4.74 Å². The Bertz CT molecular complexity index is 1260. The Labute approximate surface area is 224 Å². The van der Waals surface area contributed by atoms with Crippen LogP contribution in [0.2, 0.25) is 0 Å². The summed E-state index contributed by atoms with van der Waals surface area (Å²) in [6, 6.07) is 14.9. The molecule has 0 spiro atoms. The van der Waals surface area contributed by atoms with Crippen LogP contribution >= 0.6 is 23.1 Å². The summed E-state index contributed by atoms with van der Waals surface area (Å²) in [7, 11) is 1.67. The minimum absolute atomic E-state index is 0.0540. The van der Waals surface area contributed by atoms with E-state index in [0.717, 1.165) is 28.9 Å². The second kappa shape index (κ2) is 12.6. The molecule has 2 heterocycles. The Hall–Kier alpha value is -3.57. The molecule has 1 aromatic heterocycles. The van der Waals surface area contributed by atoms with Crippen molar-refractivity contribution in [2.75, 3.05) is 54.6 Å². The third-order valence-corrected chi connectivity index (χ3v) is 7.78. The van der Waals surface area contributed by atoms with Crippen molar-refractivity contribution in [3.8, 4) is 5.75 Å². The van der Waals surface area contributed by atoms with E-state index in [-0.39, 0.29) is 29.9 Å². The molecule has 0 bridgehead atoms. The number of piperazine rings is 1. The lowest BCUT2D eigenvalue weighted by atomic mass is 10.2. The predicted molar refractivity (Wildman–Crippen MR) is 148 cm³/mol. The standard InChI is InChI=1S/C26H29N5O4S2/c1-18(32)27-19-6-5-7-20(14-19)28-24(33)17-37-26-29-21(16-36-26)15-25(34)31-12-10-30(11-13-31)22-8-3-4-9-23(22)35-2/h3-9,14,16H,10-13,15,17H2,1-2H3,(H,27,32)(H,28,33). The van der Waals surface area contributed by atoms with Gasteiger partial charge < -0.3 is 25.2 Å². The van der Waals surface area contributed by atoms with E-state index in [1.54, 1.807) is 31.4 Å². The predicted octanol–water partition coefficient (Wildman–Crippen LogP) is 3.73. The maximum absolute atomic E-state index is 12.9. The van der Waals surface area contributed by atoms with Crippen LogP contribution in [0.1, 0.15) is 12.6 Å². The highest BCUT2D eigenvalue weighted by atomic mass is 32.2. The van der Waals surface area contributed by atoms with Crippen LogP contribution < -0.4 is 20.3 Å². The summed E-state index contributed by atoms with van der Waals surface area (Å²) in [5.74, 6) is 0.731. The summed E-state index contributed by atoms with van der Waals surface area (Å²) in [5, 5.41) is 7.39. The van der Waals surface area contributed by atoms with Gasteiger partial charge in [-0.25, -0.2) is 4.98 Å². The van der Waals surface area contributed by atoms with Crippen LogP contribution in [0.4, 0.5) is 17.1 Å². The quantitative estimate of drug-likeness (QED) is 0.399. The summed E-state index contributed by atoms with van der Waals surface area (Å²) in [4.78, 5) is 45.1. The summed E-state index contributed by atoms with van der Waals surface area (Å²) in [6.45, 7) is 4.21. The largest absolute Gasteiger partial charge is 0.495 e. The number of hydrogen-bond acceptors (Lipinski definition) is 8. The summed E-state index contributed by atoms with van der Waals surface area (Å²) >= 11 is 2.76. The third-order valence-electron chi connectivity index (χ3n) is 5.71. The van der Waals surface area contributed by atoms with Crippen LogP contribution in [0.3, 0.4) is 0 Å². The first-order valence-corrected chi connectivity index (χ1v) is 13.7. The zero-order chi connectivity index (χ0) is 26.2. The van der Waals surface area contributed by atoms with Crippen LogP contribution in [0.15, 0.2) is 58.3 Å². The van der Waals surface area contributed by atoms with E-state index in [1.807, 2.05) is 34.5 Å². The summed E-state index contributed by atoms with van der Waals surface area (Å²) in [6.07, 6.45) is 0.244. The van der Waals surface area contributed by atoms with Gasteiger partial charge in [-0.1, -0.05) is 30.0 Å². The molecule has 3 aromatic rings. The zero-order valence-corrected chi connectivity index (χ0v) is 22.4. The molecule has 0 atom stereocenters. The van der Waals surface area contributed by atoms with Gasteiger partial charge in [0.05, 0.1) is 30.7 Å². The number of thiazole rings is 1. The molecule has 2 N–H and O–H groups in total. The van der Waals surface area contributed by atoms with E-state index in [0.29, 0.717) is 30.2 Å². The van der Waals surface area contributed by atoms with Gasteiger partial charge in [-0.05, 0) is 30.3 Å². The first-order valence-electron chi connectivity index (χ1n) is 11.8. The van der Waals surface area contributed by atoms with Crippen LogP contribution in [-0.2, 0) is 20.8 Å². The number of thioether (sulfide) groups is 1. The minimum Gasteiger partial charge on any atom is -0.495 e. The van der Waals surface area contributed by atoms with Gasteiger partial charge in [0, 0.05) is 49.9 Å². The van der Waals surface area contributed by atoms with E-state index in [1.165, 1.54) is 30.0 Å². The first-order chi connectivity index (χ1) is 17.9. The van der Waals surface area contributed by atoms with Gasteiger partial charge in [-0.3, -0.25) is 14.4 Å². The maximum Gasteiger partial charge on any atom is 0.234 e. The number of hydrogen-bond donors (Lipinski definition) is 2. The average molecular weight is 540 g/mol. The van der Waals surface area contributed by atoms with Gasteiger partial charge >= 0.3 is 0 Å². The first kappa shape index (κ1) is 26.5. The number of methoxy groups -OCH3 is 1.